The number of nitrogens with one attached hydrogen (secondary N) is 2. The molecule has 2 aromatic rings. The van der Waals surface area contributed by atoms with E-state index in [4.69, 9.17) is 9.47 Å². The summed E-state index contributed by atoms with van der Waals surface area (Å²) in [6.45, 7) is 5.92. The van der Waals surface area contributed by atoms with Crippen molar-refractivity contribution in [1.29, 1.82) is 0 Å². The molecule has 2 aliphatic carbocycles. The van der Waals surface area contributed by atoms with Crippen LogP contribution in [-0.2, 0) is 35.7 Å². The number of carbonyl (C=O) groups excluding carboxylic acids is 3. The zero-order valence-electron chi connectivity index (χ0n) is 34.5. The third-order valence-corrected chi connectivity index (χ3v) is 14.8. The maximum Gasteiger partial charge on any atom is 0.411 e. The van der Waals surface area contributed by atoms with Crippen LogP contribution < -0.4 is 20.3 Å². The minimum absolute atomic E-state index is 0.0224. The first-order chi connectivity index (χ1) is 28.0. The van der Waals surface area contributed by atoms with Gasteiger partial charge in [0.15, 0.2) is 0 Å². The molecule has 0 radical (unpaired) electrons. The zero-order chi connectivity index (χ0) is 44.2. The number of methoxy groups -OCH3 is 1. The molecule has 0 unspecified atom stereocenters. The fraction of sp³-hybridized carbons (Fsp3) is 0.650. The van der Waals surface area contributed by atoms with Gasteiger partial charge in [0.1, 0.15) is 29.3 Å². The number of ether oxygens (including phenoxy) is 2. The summed E-state index contributed by atoms with van der Waals surface area (Å²) >= 11 is 0. The number of fused-ring (bicyclic) bond motifs is 3. The predicted octanol–water partition coefficient (Wildman–Crippen LogP) is 3.97. The Hall–Kier alpha value is -4.72. The molecular weight excluding hydrogens is 814 g/mol. The van der Waals surface area contributed by atoms with E-state index >= 15 is 4.79 Å². The Morgan fingerprint density at radius 1 is 1.10 bits per heavy atom. The lowest BCUT2D eigenvalue weighted by atomic mass is 9.85. The van der Waals surface area contributed by atoms with Gasteiger partial charge in [-0.05, 0) is 83.3 Å². The van der Waals surface area contributed by atoms with Gasteiger partial charge in [-0.2, -0.15) is 13.2 Å². The lowest BCUT2D eigenvalue weighted by Gasteiger charge is -2.45. The fourth-order valence-electron chi connectivity index (χ4n) is 8.36. The van der Waals surface area contributed by atoms with Crippen molar-refractivity contribution < 1.29 is 55.3 Å². The molecule has 3 N–H and O–H groups in total. The highest BCUT2D eigenvalue weighted by Gasteiger charge is 2.64. The number of nitrogens with zero attached hydrogens (tertiary/aromatic N) is 4. The van der Waals surface area contributed by atoms with E-state index in [9.17, 15) is 45.9 Å². The van der Waals surface area contributed by atoms with Crippen LogP contribution in [0.15, 0.2) is 41.2 Å². The average Bonchev–Trinajstić information content (AvgIpc) is 4.05. The van der Waals surface area contributed by atoms with E-state index < -0.39 is 98.0 Å². The molecule has 60 heavy (non-hydrogen) atoms. The Labute approximate surface area is 345 Å². The number of halogens is 3. The number of sulfonamides is 1. The van der Waals surface area contributed by atoms with Crippen LogP contribution in [0.5, 0.6) is 5.88 Å². The largest absolute Gasteiger partial charge is 0.471 e. The van der Waals surface area contributed by atoms with E-state index in [1.165, 1.54) is 21.0 Å². The van der Waals surface area contributed by atoms with Gasteiger partial charge in [0, 0.05) is 19.4 Å². The van der Waals surface area contributed by atoms with Crippen LogP contribution >= 0.6 is 0 Å². The molecule has 7 atom stereocenters. The molecule has 2 saturated carbocycles. The van der Waals surface area contributed by atoms with Crippen LogP contribution in [0.1, 0.15) is 79.6 Å². The minimum Gasteiger partial charge on any atom is -0.471 e. The summed E-state index contributed by atoms with van der Waals surface area (Å²) in [4.78, 5) is 71.0. The van der Waals surface area contributed by atoms with Gasteiger partial charge in [0.25, 0.3) is 11.5 Å². The highest BCUT2D eigenvalue weighted by molar-refractivity contribution is 7.91. The highest BCUT2D eigenvalue weighted by Crippen LogP contribution is 2.48. The van der Waals surface area contributed by atoms with Gasteiger partial charge in [0.05, 0.1) is 35.2 Å². The number of rotatable bonds is 10. The van der Waals surface area contributed by atoms with Crippen LogP contribution in [0.3, 0.4) is 0 Å². The number of amides is 4. The van der Waals surface area contributed by atoms with E-state index in [-0.39, 0.29) is 54.5 Å². The smallest absolute Gasteiger partial charge is 0.411 e. The summed E-state index contributed by atoms with van der Waals surface area (Å²) in [7, 11) is -2.70. The second-order valence-electron chi connectivity index (χ2n) is 17.5. The number of hydrogen-bond donors (Lipinski definition) is 3. The Kier molecular flexibility index (Phi) is 12.2. The van der Waals surface area contributed by atoms with Crippen molar-refractivity contribution in [3.63, 3.8) is 0 Å². The van der Waals surface area contributed by atoms with Crippen LogP contribution in [-0.4, -0.2) is 117 Å². The van der Waals surface area contributed by atoms with E-state index in [1.54, 1.807) is 36.4 Å². The van der Waals surface area contributed by atoms with Gasteiger partial charge in [-0.25, -0.2) is 17.9 Å². The molecule has 6 rings (SSSR count). The fourth-order valence-corrected chi connectivity index (χ4v) is 9.67. The molecule has 4 amide bonds. The first kappa shape index (κ1) is 44.8. The standard InChI is InChI=1S/C40H53F3N6O10S/c1-23-11-7-8-12-25-21-39(25,35(53)46-60(56,57)38(5)15-16-38)44-31(50)29-20-26(59-32-27-13-9-10-14-28(27)33(51)48(45-32)17-18-58-6)22-47(29)34(52)30(24(2)19-23)49(36(54)55)37(3,4)40(41,42)43/h8-10,12-14,23-26,29-30H,7,11,15-22H2,1-6H3,(H,44,50)(H,46,53)(H,54,55)/b12-8-/t23-,24-,25-,26-,29+,30+,39-/m1/s1. The molecule has 4 aliphatic rings. The number of allylic oxidation sites excluding steroid dienone is 1. The van der Waals surface area contributed by atoms with Gasteiger partial charge in [-0.3, -0.25) is 28.8 Å². The zero-order valence-corrected chi connectivity index (χ0v) is 35.3. The van der Waals surface area contributed by atoms with Crippen molar-refractivity contribution in [2.24, 2.45) is 17.8 Å². The van der Waals surface area contributed by atoms with Crippen molar-refractivity contribution in [2.75, 3.05) is 20.3 Å². The van der Waals surface area contributed by atoms with Crippen molar-refractivity contribution >= 4 is 44.6 Å². The van der Waals surface area contributed by atoms with Gasteiger partial charge >= 0.3 is 12.3 Å². The molecule has 0 bridgehead atoms. The Morgan fingerprint density at radius 2 is 1.77 bits per heavy atom. The SMILES string of the molecule is COCCn1nc(O[C@@H]2C[C@H]3C(=O)N[C@]4(C(=O)NS(=O)(=O)C5(C)CC5)C[C@H]4/C=C\CC[C@@H](C)C[C@@H](C)[C@H](N(C(=O)O)C(C)(C)C(F)(F)F)C(=O)N3C2)c2ccccc2c1=O. The van der Waals surface area contributed by atoms with Crippen LogP contribution in [0.2, 0.25) is 0 Å². The minimum atomic E-state index is -5.12. The van der Waals surface area contributed by atoms with Crippen molar-refractivity contribution in [3.8, 4) is 5.88 Å². The second-order valence-corrected chi connectivity index (χ2v) is 19.7. The third-order valence-electron chi connectivity index (χ3n) is 12.6. The van der Waals surface area contributed by atoms with Crippen molar-refractivity contribution in [3.05, 3.63) is 46.8 Å². The Morgan fingerprint density at radius 3 is 2.38 bits per heavy atom. The maximum absolute atomic E-state index is 15.1. The van der Waals surface area contributed by atoms with Crippen LogP contribution in [0.4, 0.5) is 18.0 Å². The van der Waals surface area contributed by atoms with E-state index in [0.717, 1.165) is 9.58 Å². The normalized spacial score (nSPS) is 29.0. The molecule has 1 saturated heterocycles. The lowest BCUT2D eigenvalue weighted by Crippen LogP contribution is -2.66. The summed E-state index contributed by atoms with van der Waals surface area (Å²) in [6.07, 6.45) is -3.24. The molecule has 20 heteroatoms. The van der Waals surface area contributed by atoms with Gasteiger partial charge in [-0.15, -0.1) is 5.10 Å². The van der Waals surface area contributed by atoms with Gasteiger partial charge in [0.2, 0.25) is 27.7 Å². The monoisotopic (exact) mass is 866 g/mol. The quantitative estimate of drug-likeness (QED) is 0.292. The molecule has 1 aromatic carbocycles. The second kappa shape index (κ2) is 16.3. The molecular formula is C40H53F3N6O10S. The first-order valence-corrected chi connectivity index (χ1v) is 21.6. The molecule has 16 nitrogen and oxygen atoms in total. The summed E-state index contributed by atoms with van der Waals surface area (Å²) in [5, 5.41) is 18.1. The van der Waals surface area contributed by atoms with Crippen molar-refractivity contribution in [1.82, 2.24) is 29.6 Å². The molecule has 3 fully saturated rings. The number of hydrogen-bond acceptors (Lipinski definition) is 10. The summed E-state index contributed by atoms with van der Waals surface area (Å²) < 4.78 is 84.3. The summed E-state index contributed by atoms with van der Waals surface area (Å²) in [5.74, 6) is -4.87. The van der Waals surface area contributed by atoms with Crippen LogP contribution in [0, 0.1) is 17.8 Å². The predicted molar refractivity (Wildman–Crippen MR) is 211 cm³/mol. The van der Waals surface area contributed by atoms with Gasteiger partial charge in [-0.1, -0.05) is 38.1 Å². The number of carbonyl (C=O) groups is 4. The number of carboxylic acid groups (broad SMARTS) is 1. The first-order valence-electron chi connectivity index (χ1n) is 20.1. The topological polar surface area (TPSA) is 207 Å². The number of aromatic nitrogens is 2. The van der Waals surface area contributed by atoms with Crippen LogP contribution in [0.25, 0.3) is 10.8 Å². The summed E-state index contributed by atoms with van der Waals surface area (Å²) in [5.41, 5.74) is -5.26. The molecule has 1 aromatic heterocycles. The molecule has 2 aliphatic heterocycles. The number of alkyl halides is 3. The number of benzene rings is 1. The van der Waals surface area contributed by atoms with E-state index in [2.05, 4.69) is 15.1 Å². The Bertz CT molecular complexity index is 2230. The van der Waals surface area contributed by atoms with Gasteiger partial charge < -0.3 is 24.8 Å². The molecule has 3 heterocycles. The van der Waals surface area contributed by atoms with E-state index in [0.29, 0.717) is 44.9 Å². The molecule has 330 valence electrons. The third kappa shape index (κ3) is 8.45. The van der Waals surface area contributed by atoms with E-state index in [1.807, 2.05) is 6.92 Å². The van der Waals surface area contributed by atoms with Crippen molar-refractivity contribution in [2.45, 2.75) is 126 Å². The average molecular weight is 867 g/mol. The Balaban J connectivity index is 1.44. The highest BCUT2D eigenvalue weighted by atomic mass is 32.2. The summed E-state index contributed by atoms with van der Waals surface area (Å²) in [6, 6.07) is 2.97. The lowest BCUT2D eigenvalue weighted by molar-refractivity contribution is -0.222. The molecule has 0 spiro atoms. The maximum atomic E-state index is 15.1.